The van der Waals surface area contributed by atoms with E-state index in [-0.39, 0.29) is 5.75 Å². The first-order valence-electron chi connectivity index (χ1n) is 5.62. The van der Waals surface area contributed by atoms with Gasteiger partial charge in [-0.2, -0.15) is 0 Å². The summed E-state index contributed by atoms with van der Waals surface area (Å²) in [5.74, 6) is 0.320. The molecule has 0 bridgehead atoms. The Kier molecular flexibility index (Phi) is 2.53. The van der Waals surface area contributed by atoms with E-state index in [4.69, 9.17) is 0 Å². The van der Waals surface area contributed by atoms with Crippen LogP contribution in [0.2, 0.25) is 0 Å². The minimum absolute atomic E-state index is 0.0895. The molecular weight excluding hydrogens is 226 g/mol. The summed E-state index contributed by atoms with van der Waals surface area (Å²) in [6.07, 6.45) is 7.16. The minimum Gasteiger partial charge on any atom is -0.868 e. The Bertz CT molecular complexity index is 662. The third kappa shape index (κ3) is 1.84. The van der Waals surface area contributed by atoms with Crippen LogP contribution in [0.25, 0.3) is 11.5 Å². The molecule has 0 saturated heterocycles. The van der Waals surface area contributed by atoms with Crippen molar-refractivity contribution >= 4 is 0 Å². The van der Waals surface area contributed by atoms with Crippen LogP contribution < -0.4 is 9.67 Å². The Morgan fingerprint density at radius 3 is 2.67 bits per heavy atom. The number of benzene rings is 1. The molecule has 0 saturated carbocycles. The molecule has 0 unspecified atom stereocenters. The maximum Gasteiger partial charge on any atom is 0.258 e. The van der Waals surface area contributed by atoms with E-state index in [1.165, 1.54) is 6.07 Å². The highest BCUT2D eigenvalue weighted by molar-refractivity contribution is 5.32. The van der Waals surface area contributed by atoms with E-state index in [1.807, 2.05) is 53.6 Å². The lowest BCUT2D eigenvalue weighted by Crippen LogP contribution is -2.30. The minimum atomic E-state index is -0.0895. The fourth-order valence-corrected chi connectivity index (χ4v) is 1.81. The SMILES string of the molecule is [O-]c1cccnc1-[n+]1ccn(-c2ccccc2)c1. The van der Waals surface area contributed by atoms with E-state index >= 15 is 0 Å². The molecule has 0 aliphatic heterocycles. The number of aromatic nitrogens is 3. The van der Waals surface area contributed by atoms with Gasteiger partial charge in [0.25, 0.3) is 5.82 Å². The molecule has 0 aliphatic carbocycles. The van der Waals surface area contributed by atoms with Gasteiger partial charge in [0.2, 0.25) is 0 Å². The van der Waals surface area contributed by atoms with Crippen molar-refractivity contribution in [3.05, 3.63) is 67.4 Å². The molecule has 0 amide bonds. The molecule has 18 heavy (non-hydrogen) atoms. The van der Waals surface area contributed by atoms with Crippen molar-refractivity contribution in [2.75, 3.05) is 0 Å². The normalized spacial score (nSPS) is 10.4. The highest BCUT2D eigenvalue weighted by Crippen LogP contribution is 2.10. The molecule has 0 radical (unpaired) electrons. The number of imidazole rings is 1. The van der Waals surface area contributed by atoms with Gasteiger partial charge in [-0.15, -0.1) is 4.98 Å². The van der Waals surface area contributed by atoms with Gasteiger partial charge >= 0.3 is 0 Å². The fraction of sp³-hybridized carbons (Fsp3) is 0. The van der Waals surface area contributed by atoms with Gasteiger partial charge in [-0.05, 0) is 23.9 Å². The molecule has 1 aromatic carbocycles. The lowest BCUT2D eigenvalue weighted by Gasteiger charge is -2.05. The van der Waals surface area contributed by atoms with E-state index in [2.05, 4.69) is 4.98 Å². The first-order valence-corrected chi connectivity index (χ1v) is 5.62. The van der Waals surface area contributed by atoms with Crippen LogP contribution in [0.15, 0.2) is 67.4 Å². The van der Waals surface area contributed by atoms with E-state index in [1.54, 1.807) is 16.8 Å². The number of hydrogen-bond acceptors (Lipinski definition) is 2. The largest absolute Gasteiger partial charge is 0.868 e. The second kappa shape index (κ2) is 4.33. The maximum atomic E-state index is 11.7. The average molecular weight is 237 g/mol. The van der Waals surface area contributed by atoms with Gasteiger partial charge in [0, 0.05) is 0 Å². The fourth-order valence-electron chi connectivity index (χ4n) is 1.81. The highest BCUT2D eigenvalue weighted by atomic mass is 16.3. The Morgan fingerprint density at radius 1 is 1.06 bits per heavy atom. The summed E-state index contributed by atoms with van der Waals surface area (Å²) in [5, 5.41) is 11.7. The van der Waals surface area contributed by atoms with Crippen molar-refractivity contribution in [1.29, 1.82) is 0 Å². The van der Waals surface area contributed by atoms with Gasteiger partial charge < -0.3 is 5.11 Å². The van der Waals surface area contributed by atoms with Gasteiger partial charge in [-0.1, -0.05) is 24.3 Å². The average Bonchev–Trinajstić information content (AvgIpc) is 2.90. The molecule has 0 aliphatic rings. The summed E-state index contributed by atoms with van der Waals surface area (Å²) >= 11 is 0. The van der Waals surface area contributed by atoms with Crippen LogP contribution in [-0.4, -0.2) is 9.55 Å². The van der Waals surface area contributed by atoms with Gasteiger partial charge in [-0.3, -0.25) is 0 Å². The van der Waals surface area contributed by atoms with Crippen LogP contribution >= 0.6 is 0 Å². The van der Waals surface area contributed by atoms with Crippen LogP contribution in [0.4, 0.5) is 0 Å². The Balaban J connectivity index is 2.03. The van der Waals surface area contributed by atoms with Crippen LogP contribution in [0.5, 0.6) is 5.75 Å². The highest BCUT2D eigenvalue weighted by Gasteiger charge is 2.08. The van der Waals surface area contributed by atoms with Crippen molar-refractivity contribution in [2.24, 2.45) is 0 Å². The van der Waals surface area contributed by atoms with E-state index < -0.39 is 0 Å². The molecule has 3 aromatic rings. The first kappa shape index (κ1) is 10.5. The van der Waals surface area contributed by atoms with Gasteiger partial charge in [0.05, 0.1) is 6.20 Å². The number of nitrogens with zero attached hydrogens (tertiary/aromatic N) is 3. The van der Waals surface area contributed by atoms with Gasteiger partial charge in [-0.25, -0.2) is 9.13 Å². The van der Waals surface area contributed by atoms with E-state index in [0.717, 1.165) is 5.69 Å². The number of para-hydroxylation sites is 1. The van der Waals surface area contributed by atoms with Crippen LogP contribution in [0.3, 0.4) is 0 Å². The van der Waals surface area contributed by atoms with E-state index in [9.17, 15) is 5.11 Å². The Morgan fingerprint density at radius 2 is 1.89 bits per heavy atom. The smallest absolute Gasteiger partial charge is 0.258 e. The zero-order chi connectivity index (χ0) is 12.4. The van der Waals surface area contributed by atoms with Crippen molar-refractivity contribution < 1.29 is 9.67 Å². The monoisotopic (exact) mass is 237 g/mol. The zero-order valence-electron chi connectivity index (χ0n) is 9.60. The van der Waals surface area contributed by atoms with Crippen LogP contribution in [0.1, 0.15) is 0 Å². The van der Waals surface area contributed by atoms with Crippen LogP contribution in [-0.2, 0) is 0 Å². The quantitative estimate of drug-likeness (QED) is 0.629. The molecular formula is C14H11N3O. The number of rotatable bonds is 2. The topological polar surface area (TPSA) is 44.8 Å². The summed E-state index contributed by atoms with van der Waals surface area (Å²) in [6, 6.07) is 13.1. The molecule has 4 heteroatoms. The Hall–Kier alpha value is -2.62. The predicted octanol–water partition coefficient (Wildman–Crippen LogP) is 1.22. The molecule has 0 fully saturated rings. The molecule has 0 N–H and O–H groups in total. The summed E-state index contributed by atoms with van der Waals surface area (Å²) in [4.78, 5) is 4.09. The summed E-state index contributed by atoms with van der Waals surface area (Å²) in [5.41, 5.74) is 1.04. The first-order chi connectivity index (χ1) is 8.84. The lowest BCUT2D eigenvalue weighted by molar-refractivity contribution is -0.602. The van der Waals surface area contributed by atoms with Crippen molar-refractivity contribution in [2.45, 2.75) is 0 Å². The van der Waals surface area contributed by atoms with Gasteiger partial charge in [0.15, 0.2) is 6.33 Å². The van der Waals surface area contributed by atoms with Gasteiger partial charge in [0.1, 0.15) is 18.1 Å². The molecule has 3 rings (SSSR count). The summed E-state index contributed by atoms with van der Waals surface area (Å²) in [7, 11) is 0. The molecule has 2 aromatic heterocycles. The third-order valence-corrected chi connectivity index (χ3v) is 2.69. The molecule has 4 nitrogen and oxygen atoms in total. The second-order valence-corrected chi connectivity index (χ2v) is 3.89. The van der Waals surface area contributed by atoms with Crippen molar-refractivity contribution in [3.63, 3.8) is 0 Å². The van der Waals surface area contributed by atoms with Crippen LogP contribution in [0, 0.1) is 0 Å². The molecule has 0 spiro atoms. The zero-order valence-corrected chi connectivity index (χ0v) is 9.60. The maximum absolute atomic E-state index is 11.7. The van der Waals surface area contributed by atoms with E-state index in [0.29, 0.717) is 5.82 Å². The third-order valence-electron chi connectivity index (χ3n) is 2.69. The number of pyridine rings is 1. The molecule has 88 valence electrons. The number of hydrogen-bond donors (Lipinski definition) is 0. The predicted molar refractivity (Wildman–Crippen MR) is 64.5 cm³/mol. The molecule has 2 heterocycles. The standard InChI is InChI=1S/C14H11N3O/c18-13-7-4-8-15-14(13)17-10-9-16(11-17)12-5-2-1-3-6-12/h1-11H. The molecule has 0 atom stereocenters. The lowest BCUT2D eigenvalue weighted by atomic mass is 10.3. The second-order valence-electron chi connectivity index (χ2n) is 3.89. The Labute approximate surface area is 104 Å². The van der Waals surface area contributed by atoms with Crippen molar-refractivity contribution in [3.8, 4) is 17.3 Å². The summed E-state index contributed by atoms with van der Waals surface area (Å²) < 4.78 is 3.66. The summed E-state index contributed by atoms with van der Waals surface area (Å²) in [6.45, 7) is 0. The van der Waals surface area contributed by atoms with Crippen molar-refractivity contribution in [1.82, 2.24) is 9.55 Å².